The molecule has 6 atom stereocenters. The van der Waals surface area contributed by atoms with Crippen molar-refractivity contribution in [3.63, 3.8) is 0 Å². The lowest BCUT2D eigenvalue weighted by Crippen LogP contribution is -2.59. The number of aliphatic hydroxyl groups is 4. The SMILES string of the molecule is N#CC(O[C@@H]1O[C@H](CO)[C@@H](O)[C@@H](O)[C@H]1O)c1ccccc1. The molecule has 1 fully saturated rings. The standard InChI is InChI=1S/C14H17NO6/c15-6-9(8-4-2-1-3-5-8)20-14-13(19)12(18)11(17)10(7-16)21-14/h1-5,9-14,16-19H,7H2/t9?,10-,11-,12-,13-,14-/m1/s1. The Labute approximate surface area is 121 Å². The number of aliphatic hydroxyl groups excluding tert-OH is 4. The fourth-order valence-corrected chi connectivity index (χ4v) is 2.13. The average molecular weight is 295 g/mol. The number of rotatable bonds is 4. The van der Waals surface area contributed by atoms with Crippen LogP contribution in [-0.4, -0.2) is 57.7 Å². The van der Waals surface area contributed by atoms with Crippen LogP contribution in [0.2, 0.25) is 0 Å². The molecule has 114 valence electrons. The molecule has 21 heavy (non-hydrogen) atoms. The molecular weight excluding hydrogens is 278 g/mol. The Kier molecular flexibility index (Phi) is 5.25. The molecule has 0 aliphatic carbocycles. The maximum absolute atomic E-state index is 9.86. The van der Waals surface area contributed by atoms with Crippen molar-refractivity contribution in [1.82, 2.24) is 0 Å². The fourth-order valence-electron chi connectivity index (χ4n) is 2.13. The minimum atomic E-state index is -1.53. The van der Waals surface area contributed by atoms with Crippen LogP contribution in [0.1, 0.15) is 11.7 Å². The van der Waals surface area contributed by atoms with E-state index in [1.165, 1.54) is 0 Å². The van der Waals surface area contributed by atoms with Crippen molar-refractivity contribution in [3.05, 3.63) is 35.9 Å². The molecule has 4 N–H and O–H groups in total. The molecule has 0 radical (unpaired) electrons. The zero-order chi connectivity index (χ0) is 15.4. The highest BCUT2D eigenvalue weighted by Gasteiger charge is 2.44. The van der Waals surface area contributed by atoms with Gasteiger partial charge in [-0.15, -0.1) is 0 Å². The van der Waals surface area contributed by atoms with Gasteiger partial charge in [-0.3, -0.25) is 0 Å². The highest BCUT2D eigenvalue weighted by molar-refractivity contribution is 5.22. The third-order valence-corrected chi connectivity index (χ3v) is 3.34. The van der Waals surface area contributed by atoms with E-state index >= 15 is 0 Å². The number of ether oxygens (including phenoxy) is 2. The van der Waals surface area contributed by atoms with Gasteiger partial charge < -0.3 is 29.9 Å². The average Bonchev–Trinajstić information content (AvgIpc) is 2.53. The molecule has 1 heterocycles. The summed E-state index contributed by atoms with van der Waals surface area (Å²) in [6.45, 7) is -0.548. The topological polar surface area (TPSA) is 123 Å². The second-order valence-corrected chi connectivity index (χ2v) is 4.75. The maximum atomic E-state index is 9.86. The smallest absolute Gasteiger partial charge is 0.188 e. The molecule has 1 unspecified atom stereocenters. The summed E-state index contributed by atoms with van der Waals surface area (Å²) in [4.78, 5) is 0. The van der Waals surface area contributed by atoms with Gasteiger partial charge in [0.1, 0.15) is 24.4 Å². The van der Waals surface area contributed by atoms with Crippen LogP contribution in [0.4, 0.5) is 0 Å². The van der Waals surface area contributed by atoms with Gasteiger partial charge in [-0.2, -0.15) is 5.26 Å². The monoisotopic (exact) mass is 295 g/mol. The lowest BCUT2D eigenvalue weighted by molar-refractivity contribution is -0.307. The van der Waals surface area contributed by atoms with Crippen LogP contribution in [0, 0.1) is 11.3 Å². The van der Waals surface area contributed by atoms with Gasteiger partial charge in [-0.25, -0.2) is 0 Å². The zero-order valence-electron chi connectivity index (χ0n) is 11.1. The number of hydrogen-bond donors (Lipinski definition) is 4. The largest absolute Gasteiger partial charge is 0.394 e. The molecule has 1 saturated heterocycles. The van der Waals surface area contributed by atoms with Crippen LogP contribution in [0.15, 0.2) is 30.3 Å². The van der Waals surface area contributed by atoms with Crippen molar-refractivity contribution in [1.29, 1.82) is 5.26 Å². The molecule has 0 spiro atoms. The van der Waals surface area contributed by atoms with Gasteiger partial charge in [0.2, 0.25) is 0 Å². The summed E-state index contributed by atoms with van der Waals surface area (Å²) in [6.07, 6.45) is -7.91. The molecule has 0 saturated carbocycles. The molecule has 1 aromatic carbocycles. The fraction of sp³-hybridized carbons (Fsp3) is 0.500. The normalized spacial score (nSPS) is 34.1. The molecular formula is C14H17NO6. The van der Waals surface area contributed by atoms with E-state index in [-0.39, 0.29) is 0 Å². The molecule has 2 rings (SSSR count). The first-order valence-electron chi connectivity index (χ1n) is 6.49. The van der Waals surface area contributed by atoms with Crippen molar-refractivity contribution in [2.45, 2.75) is 36.8 Å². The molecule has 1 aliphatic heterocycles. The van der Waals surface area contributed by atoms with Crippen LogP contribution >= 0.6 is 0 Å². The van der Waals surface area contributed by atoms with E-state index in [0.29, 0.717) is 5.56 Å². The summed E-state index contributed by atoms with van der Waals surface area (Å²) in [7, 11) is 0. The number of hydrogen-bond acceptors (Lipinski definition) is 7. The van der Waals surface area contributed by atoms with Crippen LogP contribution in [-0.2, 0) is 9.47 Å². The first-order valence-corrected chi connectivity index (χ1v) is 6.49. The van der Waals surface area contributed by atoms with E-state index in [9.17, 15) is 15.3 Å². The van der Waals surface area contributed by atoms with Crippen LogP contribution in [0.3, 0.4) is 0 Å². The van der Waals surface area contributed by atoms with E-state index < -0.39 is 43.4 Å². The third-order valence-electron chi connectivity index (χ3n) is 3.34. The Morgan fingerprint density at radius 1 is 1.14 bits per heavy atom. The first-order chi connectivity index (χ1) is 10.1. The Bertz CT molecular complexity index is 488. The number of benzene rings is 1. The highest BCUT2D eigenvalue weighted by atomic mass is 16.7. The Morgan fingerprint density at radius 3 is 2.38 bits per heavy atom. The van der Waals surface area contributed by atoms with Crippen molar-refractivity contribution in [2.75, 3.05) is 6.61 Å². The summed E-state index contributed by atoms with van der Waals surface area (Å²) < 4.78 is 10.6. The van der Waals surface area contributed by atoms with Gasteiger partial charge in [0, 0.05) is 0 Å². The maximum Gasteiger partial charge on any atom is 0.188 e. The van der Waals surface area contributed by atoms with Gasteiger partial charge in [0.15, 0.2) is 12.4 Å². The molecule has 0 amide bonds. The minimum Gasteiger partial charge on any atom is -0.394 e. The first kappa shape index (κ1) is 15.9. The minimum absolute atomic E-state index is 0.548. The third kappa shape index (κ3) is 3.39. The van der Waals surface area contributed by atoms with Crippen molar-refractivity contribution in [3.8, 4) is 6.07 Å². The van der Waals surface area contributed by atoms with Crippen LogP contribution in [0.5, 0.6) is 0 Å². The van der Waals surface area contributed by atoms with Gasteiger partial charge in [-0.1, -0.05) is 30.3 Å². The summed E-state index contributed by atoms with van der Waals surface area (Å²) >= 11 is 0. The number of nitriles is 1. The molecule has 0 aromatic heterocycles. The van der Waals surface area contributed by atoms with E-state index in [2.05, 4.69) is 0 Å². The van der Waals surface area contributed by atoms with E-state index in [0.717, 1.165) is 0 Å². The lowest BCUT2D eigenvalue weighted by Gasteiger charge is -2.40. The van der Waals surface area contributed by atoms with Gasteiger partial charge in [0.05, 0.1) is 12.7 Å². The zero-order valence-corrected chi connectivity index (χ0v) is 11.1. The quantitative estimate of drug-likeness (QED) is 0.565. The van der Waals surface area contributed by atoms with Crippen LogP contribution < -0.4 is 0 Å². The highest BCUT2D eigenvalue weighted by Crippen LogP contribution is 2.27. The van der Waals surface area contributed by atoms with Crippen molar-refractivity contribution < 1.29 is 29.9 Å². The van der Waals surface area contributed by atoms with Gasteiger partial charge in [0.25, 0.3) is 0 Å². The summed E-state index contributed by atoms with van der Waals surface area (Å²) in [5.74, 6) is 0. The van der Waals surface area contributed by atoms with E-state index in [4.69, 9.17) is 19.8 Å². The molecule has 0 bridgehead atoms. The predicted molar refractivity (Wildman–Crippen MR) is 69.6 cm³/mol. The van der Waals surface area contributed by atoms with Crippen LogP contribution in [0.25, 0.3) is 0 Å². The van der Waals surface area contributed by atoms with E-state index in [1.54, 1.807) is 30.3 Å². The summed E-state index contributed by atoms with van der Waals surface area (Å²) in [5.41, 5.74) is 0.567. The summed E-state index contributed by atoms with van der Waals surface area (Å²) in [6, 6.07) is 10.5. The molecule has 1 aromatic rings. The number of nitrogens with zero attached hydrogens (tertiary/aromatic N) is 1. The second-order valence-electron chi connectivity index (χ2n) is 4.75. The van der Waals surface area contributed by atoms with Gasteiger partial charge >= 0.3 is 0 Å². The Balaban J connectivity index is 2.12. The molecule has 7 heteroatoms. The predicted octanol–water partition coefficient (Wildman–Crippen LogP) is -0.932. The summed E-state index contributed by atoms with van der Waals surface area (Å²) in [5, 5.41) is 47.5. The van der Waals surface area contributed by atoms with Crippen molar-refractivity contribution in [2.24, 2.45) is 0 Å². The lowest BCUT2D eigenvalue weighted by atomic mass is 9.99. The van der Waals surface area contributed by atoms with Crippen molar-refractivity contribution >= 4 is 0 Å². The van der Waals surface area contributed by atoms with E-state index in [1.807, 2.05) is 6.07 Å². The Morgan fingerprint density at radius 2 is 1.81 bits per heavy atom. The second kappa shape index (κ2) is 6.95. The van der Waals surface area contributed by atoms with Gasteiger partial charge in [-0.05, 0) is 5.56 Å². The molecule has 7 nitrogen and oxygen atoms in total. The molecule has 1 aliphatic rings. The Hall–Kier alpha value is -1.53.